The summed E-state index contributed by atoms with van der Waals surface area (Å²) in [5.41, 5.74) is 0. The maximum absolute atomic E-state index is 9.97. The van der Waals surface area contributed by atoms with Gasteiger partial charge < -0.3 is 40.9 Å². The molecule has 0 fully saturated rings. The Kier molecular flexibility index (Phi) is 24.6. The van der Waals surface area contributed by atoms with Crippen LogP contribution in [0.1, 0.15) is 12.8 Å². The van der Waals surface area contributed by atoms with E-state index in [1.54, 1.807) is 0 Å². The van der Waals surface area contributed by atoms with Gasteiger partial charge in [0, 0.05) is 11.5 Å². The highest BCUT2D eigenvalue weighted by atomic mass is 32.2. The van der Waals surface area contributed by atoms with Crippen LogP contribution in [0.15, 0.2) is 0 Å². The second-order valence-electron chi connectivity index (χ2n) is 3.94. The van der Waals surface area contributed by atoms with Crippen LogP contribution in [-0.4, -0.2) is 103 Å². The molecule has 0 unspecified atom stereocenters. The van der Waals surface area contributed by atoms with E-state index in [9.17, 15) is 9.59 Å². The highest BCUT2D eigenvalue weighted by Gasteiger charge is 1.99. The van der Waals surface area contributed by atoms with E-state index in [0.717, 1.165) is 0 Å². The number of thioether (sulfide) groups is 1. The van der Waals surface area contributed by atoms with E-state index in [2.05, 4.69) is 0 Å². The first-order valence-electron chi connectivity index (χ1n) is 6.55. The first-order chi connectivity index (χ1) is 10.7. The molecule has 0 aromatic heterocycles. The Morgan fingerprint density at radius 3 is 1.09 bits per heavy atom. The van der Waals surface area contributed by atoms with Crippen LogP contribution < -0.4 is 0 Å². The van der Waals surface area contributed by atoms with Crippen LogP contribution in [0, 0.1) is 0 Å². The molecule has 0 rings (SSSR count). The van der Waals surface area contributed by atoms with Crippen molar-refractivity contribution in [1.82, 2.24) is 0 Å². The highest BCUT2D eigenvalue weighted by Crippen LogP contribution is 2.03. The summed E-state index contributed by atoms with van der Waals surface area (Å²) < 4.78 is 0. The minimum absolute atomic E-state index is 0.101. The lowest BCUT2D eigenvalue weighted by molar-refractivity contribution is -0.137. The predicted molar refractivity (Wildman–Crippen MR) is 82.2 cm³/mol. The number of carboxylic acid groups (broad SMARTS) is 2. The van der Waals surface area contributed by atoms with Crippen molar-refractivity contribution < 1.29 is 50.4 Å². The second kappa shape index (κ2) is 21.0. The molecular weight excluding hydrogens is 336 g/mol. The van der Waals surface area contributed by atoms with Crippen molar-refractivity contribution in [1.29, 1.82) is 0 Å². The minimum Gasteiger partial charge on any atom is -0.481 e. The van der Waals surface area contributed by atoms with E-state index >= 15 is 0 Å². The molecule has 0 saturated heterocycles. The molecule has 11 heteroatoms. The molecule has 0 atom stereocenters. The Morgan fingerprint density at radius 2 is 0.957 bits per heavy atom. The maximum atomic E-state index is 9.97. The zero-order valence-electron chi connectivity index (χ0n) is 12.6. The number of carbonyl (C=O) groups is 2. The van der Waals surface area contributed by atoms with Crippen molar-refractivity contribution >= 4 is 23.7 Å². The fourth-order valence-electron chi connectivity index (χ4n) is 0.536. The van der Waals surface area contributed by atoms with Crippen LogP contribution in [0.25, 0.3) is 0 Å². The average molecular weight is 362 g/mol. The lowest BCUT2D eigenvalue weighted by Crippen LogP contribution is -2.15. The molecule has 10 nitrogen and oxygen atoms in total. The van der Waals surface area contributed by atoms with Crippen LogP contribution in [0.3, 0.4) is 0 Å². The fourth-order valence-corrected chi connectivity index (χ4v) is 1.38. The van der Waals surface area contributed by atoms with Gasteiger partial charge in [-0.3, -0.25) is 9.59 Å². The van der Waals surface area contributed by atoms with Gasteiger partial charge in [-0.05, 0) is 0 Å². The van der Waals surface area contributed by atoms with E-state index in [0.29, 0.717) is 11.5 Å². The number of aliphatic hydroxyl groups excluding tert-OH is 6. The summed E-state index contributed by atoms with van der Waals surface area (Å²) in [6, 6.07) is 0. The first-order valence-corrected chi connectivity index (χ1v) is 7.71. The number of rotatable bonds is 10. The van der Waals surface area contributed by atoms with Crippen LogP contribution >= 0.6 is 11.8 Å². The molecule has 140 valence electrons. The van der Waals surface area contributed by atoms with Crippen LogP contribution in [0.5, 0.6) is 0 Å². The van der Waals surface area contributed by atoms with Gasteiger partial charge in [0.25, 0.3) is 0 Å². The van der Waals surface area contributed by atoms with Gasteiger partial charge in [-0.1, -0.05) is 0 Å². The van der Waals surface area contributed by atoms with Crippen molar-refractivity contribution in [3.05, 3.63) is 0 Å². The number of carboxylic acids is 2. The van der Waals surface area contributed by atoms with Crippen LogP contribution in [0.4, 0.5) is 0 Å². The number of hydrogen-bond donors (Lipinski definition) is 8. The molecule has 0 aliphatic carbocycles. The summed E-state index contributed by atoms with van der Waals surface area (Å²) in [5, 5.41) is 64.4. The Morgan fingerprint density at radius 1 is 0.696 bits per heavy atom. The van der Waals surface area contributed by atoms with Crippen LogP contribution in [-0.2, 0) is 9.59 Å². The summed E-state index contributed by atoms with van der Waals surface area (Å²) in [6.07, 6.45) is -1.70. The molecule has 0 aliphatic heterocycles. The molecule has 0 aromatic rings. The third kappa shape index (κ3) is 33.7. The third-order valence-corrected chi connectivity index (χ3v) is 2.75. The van der Waals surface area contributed by atoms with Gasteiger partial charge in [0.05, 0.1) is 39.3 Å². The molecule has 8 N–H and O–H groups in total. The molecule has 0 aromatic carbocycles. The normalized spacial score (nSPS) is 9.74. The van der Waals surface area contributed by atoms with Gasteiger partial charge in [-0.2, -0.15) is 11.8 Å². The predicted octanol–water partition coefficient (Wildman–Crippen LogP) is -2.67. The Labute approximate surface area is 138 Å². The first kappa shape index (κ1) is 26.9. The van der Waals surface area contributed by atoms with Crippen molar-refractivity contribution in [2.45, 2.75) is 25.0 Å². The lowest BCUT2D eigenvalue weighted by atomic mass is 10.4. The maximum Gasteiger partial charge on any atom is 0.304 e. The van der Waals surface area contributed by atoms with Crippen molar-refractivity contribution in [3.63, 3.8) is 0 Å². The van der Waals surface area contributed by atoms with Gasteiger partial charge in [0.2, 0.25) is 0 Å². The molecule has 0 aliphatic rings. The summed E-state index contributed by atoms with van der Waals surface area (Å²) in [5.74, 6) is -0.703. The smallest absolute Gasteiger partial charge is 0.304 e. The van der Waals surface area contributed by atoms with E-state index < -0.39 is 24.1 Å². The summed E-state index contributed by atoms with van der Waals surface area (Å²) >= 11 is 1.35. The van der Waals surface area contributed by atoms with Crippen molar-refractivity contribution in [2.75, 3.05) is 37.9 Å². The van der Waals surface area contributed by atoms with Gasteiger partial charge in [0.15, 0.2) is 0 Å². The number of aliphatic carboxylic acids is 2. The zero-order valence-corrected chi connectivity index (χ0v) is 13.4. The van der Waals surface area contributed by atoms with Gasteiger partial charge >= 0.3 is 11.9 Å². The average Bonchev–Trinajstić information content (AvgIpc) is 2.53. The van der Waals surface area contributed by atoms with E-state index in [4.69, 9.17) is 40.9 Å². The lowest BCUT2D eigenvalue weighted by Gasteiger charge is -1.96. The topological polar surface area (TPSA) is 196 Å². The highest BCUT2D eigenvalue weighted by molar-refractivity contribution is 7.99. The van der Waals surface area contributed by atoms with Crippen molar-refractivity contribution in [2.24, 2.45) is 0 Å². The van der Waals surface area contributed by atoms with Gasteiger partial charge in [-0.15, -0.1) is 0 Å². The molecule has 0 saturated carbocycles. The second-order valence-corrected chi connectivity index (χ2v) is 5.16. The van der Waals surface area contributed by atoms with Gasteiger partial charge in [-0.25, -0.2) is 0 Å². The molecule has 0 radical (unpaired) electrons. The van der Waals surface area contributed by atoms with E-state index in [1.165, 1.54) is 11.8 Å². The summed E-state index contributed by atoms with van der Waals surface area (Å²) in [7, 11) is 0. The third-order valence-electron chi connectivity index (χ3n) is 1.76. The molecule has 0 bridgehead atoms. The molecule has 0 spiro atoms. The summed E-state index contributed by atoms with van der Waals surface area (Å²) in [4.78, 5) is 19.9. The van der Waals surface area contributed by atoms with Crippen LogP contribution in [0.2, 0.25) is 0 Å². The molecule has 0 heterocycles. The Bertz CT molecular complexity index is 243. The van der Waals surface area contributed by atoms with Crippen molar-refractivity contribution in [3.8, 4) is 0 Å². The monoisotopic (exact) mass is 362 g/mol. The number of aliphatic hydroxyl groups is 6. The molecule has 23 heavy (non-hydrogen) atoms. The Balaban J connectivity index is -0.000000284. The largest absolute Gasteiger partial charge is 0.481 e. The van der Waals surface area contributed by atoms with E-state index in [-0.39, 0.29) is 39.3 Å². The van der Waals surface area contributed by atoms with E-state index in [1.807, 2.05) is 0 Å². The standard InChI is InChI=1S/C6H10O4S.2C3H8O3/c7-5(8)1-3-11-4-2-6(9)10;2*4-1-3(6)2-5/h1-4H2,(H,7,8)(H,9,10);2*3-6H,1-2H2. The number of hydrogen-bond acceptors (Lipinski definition) is 9. The fraction of sp³-hybridized carbons (Fsp3) is 0.833. The Hall–Kier alpha value is -0.950. The molecular formula is C12H26O10S. The zero-order chi connectivity index (χ0) is 18.7. The SMILES string of the molecule is O=C(O)CCSCCC(=O)O.OCC(O)CO.OCC(O)CO. The van der Waals surface area contributed by atoms with Gasteiger partial charge in [0.1, 0.15) is 12.2 Å². The summed E-state index contributed by atoms with van der Waals surface area (Å²) in [6.45, 7) is -1.46. The quantitative estimate of drug-likeness (QED) is 0.189. The molecule has 0 amide bonds. The minimum atomic E-state index is -0.954.